The van der Waals surface area contributed by atoms with Crippen molar-refractivity contribution in [1.82, 2.24) is 5.09 Å². The molecule has 0 aliphatic heterocycles. The Balaban J connectivity index is 2.07. The minimum absolute atomic E-state index is 0.218. The molecule has 2 atom stereocenters. The molecule has 2 aromatic carbocycles. The molecule has 130 valence electrons. The Morgan fingerprint density at radius 2 is 1.83 bits per heavy atom. The van der Waals surface area contributed by atoms with E-state index >= 15 is 0 Å². The van der Waals surface area contributed by atoms with Crippen molar-refractivity contribution in [2.75, 3.05) is 6.61 Å². The van der Waals surface area contributed by atoms with Crippen LogP contribution in [0.3, 0.4) is 0 Å². The van der Waals surface area contributed by atoms with E-state index in [1.165, 1.54) is 6.92 Å². The first-order chi connectivity index (χ1) is 11.3. The Kier molecular flexibility index (Phi) is 6.27. The van der Waals surface area contributed by atoms with E-state index in [1.807, 2.05) is 44.2 Å². The van der Waals surface area contributed by atoms with Gasteiger partial charge in [0.25, 0.3) is 0 Å². The molecule has 0 aliphatic carbocycles. The molecule has 0 fully saturated rings. The second-order valence-electron chi connectivity index (χ2n) is 5.92. The molecule has 2 rings (SSSR count). The van der Waals surface area contributed by atoms with E-state index in [0.717, 1.165) is 10.8 Å². The number of carbonyl (C=O) groups is 1. The number of carbonyl (C=O) groups excluding carboxylic acids is 1. The highest BCUT2D eigenvalue weighted by molar-refractivity contribution is 7.84. The highest BCUT2D eigenvalue weighted by atomic mass is 35.7. The quantitative estimate of drug-likeness (QED) is 0.564. The number of hydrogen-bond acceptors (Lipinski definition) is 4. The normalized spacial score (nSPS) is 15.0. The van der Waals surface area contributed by atoms with Crippen molar-refractivity contribution in [2.45, 2.75) is 26.8 Å². The molecule has 5 nitrogen and oxygen atoms in total. The van der Waals surface area contributed by atoms with E-state index in [9.17, 15) is 9.36 Å². The molecule has 2 aromatic rings. The summed E-state index contributed by atoms with van der Waals surface area (Å²) in [5, 5.41) is 4.25. The first-order valence-corrected chi connectivity index (χ1v) is 10.2. The zero-order valence-electron chi connectivity index (χ0n) is 13.9. The molecular formula is C17H21ClNO4P. The average Bonchev–Trinajstić information content (AvgIpc) is 2.52. The number of esters is 1. The van der Waals surface area contributed by atoms with Crippen molar-refractivity contribution in [3.8, 4) is 5.75 Å². The van der Waals surface area contributed by atoms with Gasteiger partial charge in [-0.25, -0.2) is 9.65 Å². The molecule has 1 unspecified atom stereocenters. The predicted molar refractivity (Wildman–Crippen MR) is 96.4 cm³/mol. The Morgan fingerprint density at radius 1 is 1.17 bits per heavy atom. The van der Waals surface area contributed by atoms with Crippen LogP contribution >= 0.6 is 18.1 Å². The maximum absolute atomic E-state index is 12.5. The maximum atomic E-state index is 12.5. The Morgan fingerprint density at radius 3 is 2.54 bits per heavy atom. The number of ether oxygens (including phenoxy) is 1. The number of benzene rings is 2. The van der Waals surface area contributed by atoms with Crippen LogP contribution in [0.2, 0.25) is 0 Å². The SMILES string of the molecule is CC(C)COC(=O)[C@H](C)NP(=O)(Cl)Oc1cccc2ccccc12. The number of hydrogen-bond donors (Lipinski definition) is 1. The van der Waals surface area contributed by atoms with E-state index in [4.69, 9.17) is 20.5 Å². The summed E-state index contributed by atoms with van der Waals surface area (Å²) < 4.78 is 23.1. The fourth-order valence-electron chi connectivity index (χ4n) is 2.09. The molecule has 1 N–H and O–H groups in total. The van der Waals surface area contributed by atoms with Gasteiger partial charge in [-0.2, -0.15) is 0 Å². The van der Waals surface area contributed by atoms with E-state index in [0.29, 0.717) is 12.4 Å². The summed E-state index contributed by atoms with van der Waals surface area (Å²) in [6.45, 7) is 1.93. The highest BCUT2D eigenvalue weighted by Crippen LogP contribution is 2.50. The summed E-state index contributed by atoms with van der Waals surface area (Å²) in [5.41, 5.74) is 0. The van der Waals surface area contributed by atoms with Gasteiger partial charge in [0.1, 0.15) is 11.8 Å². The molecule has 0 aromatic heterocycles. The van der Waals surface area contributed by atoms with Gasteiger partial charge in [-0.15, -0.1) is 0 Å². The van der Waals surface area contributed by atoms with Crippen LogP contribution < -0.4 is 9.61 Å². The summed E-state index contributed by atoms with van der Waals surface area (Å²) in [6.07, 6.45) is 0. The van der Waals surface area contributed by atoms with Crippen molar-refractivity contribution in [2.24, 2.45) is 5.92 Å². The molecule has 0 saturated carbocycles. The van der Waals surface area contributed by atoms with Gasteiger partial charge in [0.15, 0.2) is 0 Å². The minimum Gasteiger partial charge on any atom is -0.464 e. The Bertz CT molecular complexity index is 760. The Labute approximate surface area is 146 Å². The first kappa shape index (κ1) is 18.8. The lowest BCUT2D eigenvalue weighted by atomic mass is 10.1. The molecule has 0 saturated heterocycles. The number of halogens is 1. The lowest BCUT2D eigenvalue weighted by Gasteiger charge is -2.19. The van der Waals surface area contributed by atoms with Crippen molar-refractivity contribution in [3.05, 3.63) is 42.5 Å². The molecule has 0 amide bonds. The van der Waals surface area contributed by atoms with Crippen LogP contribution in [0.5, 0.6) is 5.75 Å². The van der Waals surface area contributed by atoms with Crippen LogP contribution in [-0.4, -0.2) is 18.6 Å². The summed E-state index contributed by atoms with van der Waals surface area (Å²) >= 11 is 5.99. The van der Waals surface area contributed by atoms with Crippen LogP contribution in [0.4, 0.5) is 0 Å². The van der Waals surface area contributed by atoms with Gasteiger partial charge in [-0.1, -0.05) is 50.2 Å². The van der Waals surface area contributed by atoms with E-state index in [1.54, 1.807) is 12.1 Å². The number of fused-ring (bicyclic) bond motifs is 1. The molecule has 0 aliphatic rings. The van der Waals surface area contributed by atoms with Gasteiger partial charge in [0.2, 0.25) is 0 Å². The second-order valence-corrected chi connectivity index (χ2v) is 8.66. The van der Waals surface area contributed by atoms with Gasteiger partial charge in [-0.3, -0.25) is 4.79 Å². The lowest BCUT2D eigenvalue weighted by Crippen LogP contribution is -2.34. The third-order valence-corrected chi connectivity index (χ3v) is 4.85. The zero-order chi connectivity index (χ0) is 17.7. The topological polar surface area (TPSA) is 64.6 Å². The van der Waals surface area contributed by atoms with Gasteiger partial charge < -0.3 is 9.26 Å². The van der Waals surface area contributed by atoms with E-state index < -0.39 is 18.9 Å². The number of nitrogens with one attached hydrogen (secondary N) is 1. The van der Waals surface area contributed by atoms with Crippen molar-refractivity contribution < 1.29 is 18.6 Å². The number of rotatable bonds is 7. The largest absolute Gasteiger partial charge is 0.464 e. The van der Waals surface area contributed by atoms with Crippen LogP contribution in [0.1, 0.15) is 20.8 Å². The lowest BCUT2D eigenvalue weighted by molar-refractivity contribution is -0.146. The monoisotopic (exact) mass is 369 g/mol. The van der Waals surface area contributed by atoms with Crippen LogP contribution in [0, 0.1) is 5.92 Å². The summed E-state index contributed by atoms with van der Waals surface area (Å²) in [5.74, 6) is 0.0867. The molecule has 0 spiro atoms. The van der Waals surface area contributed by atoms with Crippen LogP contribution in [0.25, 0.3) is 10.8 Å². The molecule has 24 heavy (non-hydrogen) atoms. The fraction of sp³-hybridized carbons (Fsp3) is 0.353. The van der Waals surface area contributed by atoms with Gasteiger partial charge in [0, 0.05) is 16.6 Å². The molecule has 0 radical (unpaired) electrons. The molecule has 0 bridgehead atoms. The molecular weight excluding hydrogens is 349 g/mol. The molecule has 0 heterocycles. The smallest absolute Gasteiger partial charge is 0.409 e. The van der Waals surface area contributed by atoms with E-state index in [2.05, 4.69) is 5.09 Å². The van der Waals surface area contributed by atoms with Crippen molar-refractivity contribution in [3.63, 3.8) is 0 Å². The van der Waals surface area contributed by atoms with Crippen molar-refractivity contribution in [1.29, 1.82) is 0 Å². The fourth-order valence-corrected chi connectivity index (χ4v) is 3.78. The predicted octanol–water partition coefficient (Wildman–Crippen LogP) is 4.74. The third kappa shape index (κ3) is 5.23. The van der Waals surface area contributed by atoms with Crippen LogP contribution in [-0.2, 0) is 14.1 Å². The summed E-state index contributed by atoms with van der Waals surface area (Å²) in [6, 6.07) is 12.1. The van der Waals surface area contributed by atoms with E-state index in [-0.39, 0.29) is 5.92 Å². The summed E-state index contributed by atoms with van der Waals surface area (Å²) in [7, 11) is 0. The Hall–Kier alpha value is -1.55. The van der Waals surface area contributed by atoms with Gasteiger partial charge >= 0.3 is 12.8 Å². The average molecular weight is 370 g/mol. The summed E-state index contributed by atoms with van der Waals surface area (Å²) in [4.78, 5) is 11.9. The first-order valence-electron chi connectivity index (χ1n) is 7.70. The maximum Gasteiger partial charge on any atom is 0.409 e. The van der Waals surface area contributed by atoms with Gasteiger partial charge in [-0.05, 0) is 24.3 Å². The molecule has 7 heteroatoms. The highest BCUT2D eigenvalue weighted by Gasteiger charge is 2.28. The van der Waals surface area contributed by atoms with Crippen molar-refractivity contribution >= 4 is 34.9 Å². The van der Waals surface area contributed by atoms with Gasteiger partial charge in [0.05, 0.1) is 6.61 Å². The minimum atomic E-state index is -3.75. The second kappa shape index (κ2) is 8.02. The zero-order valence-corrected chi connectivity index (χ0v) is 15.5. The standard InChI is InChI=1S/C17H21ClNO4P/c1-12(2)11-22-17(20)13(3)19-24(18,21)23-16-10-6-8-14-7-4-5-9-15(14)16/h4-10,12-13H,11H2,1-3H3,(H,19,21)/t13-,24?/m0/s1. The third-order valence-electron chi connectivity index (χ3n) is 3.23. The van der Waals surface area contributed by atoms with Crippen LogP contribution in [0.15, 0.2) is 42.5 Å².